The van der Waals surface area contributed by atoms with E-state index in [1.165, 1.54) is 173 Å². The third-order valence-electron chi connectivity index (χ3n) is 16.3. The maximum atomic E-state index is 13.0. The fourth-order valence-electron chi connectivity index (χ4n) is 10.6. The zero-order valence-electron chi connectivity index (χ0n) is 57.6. The maximum Gasteiger partial charge on any atom is 0.472 e. The van der Waals surface area contributed by atoms with Gasteiger partial charge < -0.3 is 33.8 Å². The largest absolute Gasteiger partial charge is 0.472 e. The van der Waals surface area contributed by atoms with E-state index >= 15 is 0 Å². The molecule has 5 atom stereocenters. The van der Waals surface area contributed by atoms with E-state index in [4.69, 9.17) is 37.0 Å². The molecule has 0 radical (unpaired) electrons. The van der Waals surface area contributed by atoms with E-state index in [-0.39, 0.29) is 25.7 Å². The third kappa shape index (κ3) is 64.6. The van der Waals surface area contributed by atoms with Crippen LogP contribution >= 0.6 is 15.6 Å². The molecule has 0 spiro atoms. The van der Waals surface area contributed by atoms with Gasteiger partial charge in [0.1, 0.15) is 19.3 Å². The molecule has 0 aliphatic rings. The maximum absolute atomic E-state index is 13.0. The molecular formula is C70H136O17P2. The number of phosphoric acid groups is 2. The summed E-state index contributed by atoms with van der Waals surface area (Å²) in [6.07, 6.45) is 50.1. The summed E-state index contributed by atoms with van der Waals surface area (Å²) < 4.78 is 68.1. The first-order valence-electron chi connectivity index (χ1n) is 36.6. The van der Waals surface area contributed by atoms with Crippen molar-refractivity contribution in [2.45, 2.75) is 380 Å². The highest BCUT2D eigenvalue weighted by molar-refractivity contribution is 7.47. The van der Waals surface area contributed by atoms with Crippen LogP contribution in [-0.4, -0.2) is 96.7 Å². The molecule has 0 heterocycles. The number of phosphoric ester groups is 2. The van der Waals surface area contributed by atoms with Gasteiger partial charge in [-0.2, -0.15) is 0 Å². The minimum Gasteiger partial charge on any atom is -0.462 e. The summed E-state index contributed by atoms with van der Waals surface area (Å²) in [6, 6.07) is 0. The lowest BCUT2D eigenvalue weighted by atomic mass is 10.0. The summed E-state index contributed by atoms with van der Waals surface area (Å²) in [5.41, 5.74) is 0. The molecule has 0 aromatic rings. The Kier molecular flexibility index (Phi) is 62.1. The van der Waals surface area contributed by atoms with Crippen molar-refractivity contribution in [3.8, 4) is 0 Å². The van der Waals surface area contributed by atoms with E-state index in [0.29, 0.717) is 25.7 Å². The van der Waals surface area contributed by atoms with Crippen LogP contribution in [-0.2, 0) is 65.4 Å². The van der Waals surface area contributed by atoms with Gasteiger partial charge in [0.05, 0.1) is 26.4 Å². The highest BCUT2D eigenvalue weighted by Gasteiger charge is 2.30. The van der Waals surface area contributed by atoms with Gasteiger partial charge in [-0.3, -0.25) is 37.3 Å². The van der Waals surface area contributed by atoms with Crippen LogP contribution in [0.2, 0.25) is 0 Å². The number of ether oxygens (including phenoxy) is 4. The smallest absolute Gasteiger partial charge is 0.462 e. The third-order valence-corrected chi connectivity index (χ3v) is 18.2. The van der Waals surface area contributed by atoms with Gasteiger partial charge in [0.2, 0.25) is 0 Å². The molecule has 0 bridgehead atoms. The van der Waals surface area contributed by atoms with E-state index in [1.807, 2.05) is 0 Å². The van der Waals surface area contributed by atoms with Crippen molar-refractivity contribution >= 4 is 39.5 Å². The first kappa shape index (κ1) is 87.1. The molecule has 528 valence electrons. The molecular weight excluding hydrogens is 1170 g/mol. The molecule has 0 aliphatic heterocycles. The summed E-state index contributed by atoms with van der Waals surface area (Å²) in [6.45, 7) is 7.23. The van der Waals surface area contributed by atoms with Crippen molar-refractivity contribution in [3.05, 3.63) is 0 Å². The predicted molar refractivity (Wildman–Crippen MR) is 358 cm³/mol. The van der Waals surface area contributed by atoms with Crippen LogP contribution < -0.4 is 0 Å². The molecule has 0 aromatic heterocycles. The molecule has 3 N–H and O–H groups in total. The second kappa shape index (κ2) is 63.5. The normalized spacial score (nSPS) is 14.1. The number of hydrogen-bond acceptors (Lipinski definition) is 15. The standard InChI is InChI=1S/C70H136O17P2/c1-6-9-12-15-18-20-30-35-39-44-49-54-68(73)81-60-66(87-70(75)56-51-46-41-36-32-29-27-25-23-22-24-26-28-31-33-38-42-47-52-63(4)5)62-85-89(78,79)83-58-64(71)57-82-88(76,77)84-61-65(59-80-67(72)53-48-43-37-17-14-11-8-3)86-69(74)55-50-45-40-34-21-19-16-13-10-7-2/h63-66,71H,6-62H2,1-5H3,(H,76,77)(H,78,79)/t64-,65+,66+/m0/s1. The van der Waals surface area contributed by atoms with E-state index in [2.05, 4.69) is 34.6 Å². The Balaban J connectivity index is 5.12. The van der Waals surface area contributed by atoms with Crippen molar-refractivity contribution < 1.29 is 80.2 Å². The molecule has 0 saturated carbocycles. The van der Waals surface area contributed by atoms with Crippen molar-refractivity contribution in [1.82, 2.24) is 0 Å². The molecule has 0 aliphatic carbocycles. The fraction of sp³-hybridized carbons (Fsp3) is 0.943. The van der Waals surface area contributed by atoms with E-state index < -0.39 is 97.5 Å². The van der Waals surface area contributed by atoms with Crippen LogP contribution in [0.5, 0.6) is 0 Å². The predicted octanol–water partition coefficient (Wildman–Crippen LogP) is 20.1. The second-order valence-corrected chi connectivity index (χ2v) is 28.7. The molecule has 0 aromatic carbocycles. The van der Waals surface area contributed by atoms with Crippen molar-refractivity contribution in [1.29, 1.82) is 0 Å². The quantitative estimate of drug-likeness (QED) is 0.0222. The van der Waals surface area contributed by atoms with Crippen LogP contribution in [0.3, 0.4) is 0 Å². The Morgan fingerprint density at radius 1 is 0.303 bits per heavy atom. The number of esters is 4. The molecule has 0 saturated heterocycles. The lowest BCUT2D eigenvalue weighted by Crippen LogP contribution is -2.30. The first-order chi connectivity index (χ1) is 43.0. The number of aliphatic hydroxyl groups is 1. The zero-order chi connectivity index (χ0) is 65.6. The Morgan fingerprint density at radius 2 is 0.517 bits per heavy atom. The molecule has 17 nitrogen and oxygen atoms in total. The first-order valence-corrected chi connectivity index (χ1v) is 39.6. The van der Waals surface area contributed by atoms with E-state index in [9.17, 15) is 43.2 Å². The highest BCUT2D eigenvalue weighted by Crippen LogP contribution is 2.45. The van der Waals surface area contributed by atoms with E-state index in [1.54, 1.807) is 0 Å². The van der Waals surface area contributed by atoms with Crippen molar-refractivity contribution in [2.75, 3.05) is 39.6 Å². The molecule has 0 fully saturated rings. The minimum absolute atomic E-state index is 0.106. The monoisotopic (exact) mass is 1310 g/mol. The Bertz CT molecular complexity index is 1720. The van der Waals surface area contributed by atoms with Gasteiger partial charge in [0.25, 0.3) is 0 Å². The van der Waals surface area contributed by atoms with Gasteiger partial charge in [-0.05, 0) is 31.6 Å². The molecule has 0 rings (SSSR count). The van der Waals surface area contributed by atoms with Crippen molar-refractivity contribution in [3.63, 3.8) is 0 Å². The van der Waals surface area contributed by atoms with Crippen LogP contribution in [0, 0.1) is 5.92 Å². The van der Waals surface area contributed by atoms with Gasteiger partial charge in [0, 0.05) is 25.7 Å². The number of carbonyl (C=O) groups excluding carboxylic acids is 4. The van der Waals surface area contributed by atoms with Gasteiger partial charge >= 0.3 is 39.5 Å². The number of unbranched alkanes of at least 4 members (excludes halogenated alkanes) is 42. The Hall–Kier alpha value is -1.94. The minimum atomic E-state index is -4.95. The average molecular weight is 1310 g/mol. The van der Waals surface area contributed by atoms with Crippen molar-refractivity contribution in [2.24, 2.45) is 5.92 Å². The lowest BCUT2D eigenvalue weighted by molar-refractivity contribution is -0.161. The molecule has 89 heavy (non-hydrogen) atoms. The van der Waals surface area contributed by atoms with Gasteiger partial charge in [-0.1, -0.05) is 311 Å². The van der Waals surface area contributed by atoms with Crippen LogP contribution in [0.15, 0.2) is 0 Å². The number of aliphatic hydroxyl groups excluding tert-OH is 1. The Labute approximate surface area is 543 Å². The SMILES string of the molecule is CCCCCCCCCCCCCC(=O)OC[C@H](COP(=O)(O)OC[C@@H](O)COP(=O)(O)OC[C@@H](COC(=O)CCCCCCCCC)OC(=O)CCCCCCCCCCCC)OC(=O)CCCCCCCCCCCCCCCCCCCCC(C)C. The number of hydrogen-bond donors (Lipinski definition) is 3. The Morgan fingerprint density at radius 3 is 0.764 bits per heavy atom. The zero-order valence-corrected chi connectivity index (χ0v) is 59.4. The molecule has 0 amide bonds. The lowest BCUT2D eigenvalue weighted by Gasteiger charge is -2.21. The second-order valence-electron chi connectivity index (χ2n) is 25.7. The van der Waals surface area contributed by atoms with Crippen LogP contribution in [0.1, 0.15) is 362 Å². The number of rotatable bonds is 70. The molecule has 19 heteroatoms. The summed E-state index contributed by atoms with van der Waals surface area (Å²) in [5, 5.41) is 10.6. The van der Waals surface area contributed by atoms with Crippen LogP contribution in [0.4, 0.5) is 0 Å². The van der Waals surface area contributed by atoms with Crippen LogP contribution in [0.25, 0.3) is 0 Å². The number of carbonyl (C=O) groups is 4. The topological polar surface area (TPSA) is 237 Å². The van der Waals surface area contributed by atoms with Gasteiger partial charge in [-0.25, -0.2) is 9.13 Å². The van der Waals surface area contributed by atoms with Gasteiger partial charge in [0.15, 0.2) is 12.2 Å². The summed E-state index contributed by atoms with van der Waals surface area (Å²) >= 11 is 0. The summed E-state index contributed by atoms with van der Waals surface area (Å²) in [4.78, 5) is 72.3. The highest BCUT2D eigenvalue weighted by atomic mass is 31.2. The average Bonchev–Trinajstić information content (AvgIpc) is 3.69. The molecule has 2 unspecified atom stereocenters. The summed E-state index contributed by atoms with van der Waals surface area (Å²) in [7, 11) is -9.89. The fourth-order valence-corrected chi connectivity index (χ4v) is 12.2. The summed E-state index contributed by atoms with van der Waals surface area (Å²) in [5.74, 6) is -1.31. The van der Waals surface area contributed by atoms with E-state index in [0.717, 1.165) is 109 Å². The van der Waals surface area contributed by atoms with Gasteiger partial charge in [-0.15, -0.1) is 0 Å².